The molecular formula is C12H25NO. The van der Waals surface area contributed by atoms with E-state index < -0.39 is 0 Å². The van der Waals surface area contributed by atoms with Crippen LogP contribution in [0.3, 0.4) is 0 Å². The third-order valence-corrected chi connectivity index (χ3v) is 3.27. The molecule has 2 nitrogen and oxygen atoms in total. The van der Waals surface area contributed by atoms with Gasteiger partial charge in [0.1, 0.15) is 0 Å². The molecule has 14 heavy (non-hydrogen) atoms. The Kier molecular flexibility index (Phi) is 5.49. The molecule has 84 valence electrons. The normalized spacial score (nSPS) is 22.5. The van der Waals surface area contributed by atoms with Crippen molar-refractivity contribution < 1.29 is 4.74 Å². The van der Waals surface area contributed by atoms with Crippen LogP contribution < -0.4 is 5.32 Å². The summed E-state index contributed by atoms with van der Waals surface area (Å²) in [6.45, 7) is 5.37. The van der Waals surface area contributed by atoms with Crippen LogP contribution in [0.25, 0.3) is 0 Å². The Hall–Kier alpha value is -0.0800. The lowest BCUT2D eigenvalue weighted by Crippen LogP contribution is -2.27. The van der Waals surface area contributed by atoms with Gasteiger partial charge in [0.2, 0.25) is 0 Å². The molecule has 0 spiro atoms. The molecule has 1 aliphatic carbocycles. The van der Waals surface area contributed by atoms with E-state index in [9.17, 15) is 0 Å². The maximum absolute atomic E-state index is 5.86. The minimum Gasteiger partial charge on any atom is -0.378 e. The summed E-state index contributed by atoms with van der Waals surface area (Å²) >= 11 is 0. The van der Waals surface area contributed by atoms with Crippen molar-refractivity contribution in [3.8, 4) is 0 Å². The van der Waals surface area contributed by atoms with Crippen molar-refractivity contribution >= 4 is 0 Å². The zero-order valence-electron chi connectivity index (χ0n) is 9.88. The van der Waals surface area contributed by atoms with Crippen molar-refractivity contribution in [2.75, 3.05) is 13.7 Å². The smallest absolute Gasteiger partial charge is 0.0561 e. The van der Waals surface area contributed by atoms with Gasteiger partial charge in [0.05, 0.1) is 6.10 Å². The molecule has 0 aliphatic heterocycles. The average Bonchev–Trinajstić information content (AvgIpc) is 2.67. The van der Waals surface area contributed by atoms with Crippen LogP contribution in [0.1, 0.15) is 46.0 Å². The summed E-state index contributed by atoms with van der Waals surface area (Å²) in [6, 6.07) is 0.563. The molecule has 0 heterocycles. The molecule has 0 bridgehead atoms. The van der Waals surface area contributed by atoms with Crippen molar-refractivity contribution in [2.24, 2.45) is 5.92 Å². The highest BCUT2D eigenvalue weighted by Gasteiger charge is 2.16. The van der Waals surface area contributed by atoms with Crippen LogP contribution in [-0.4, -0.2) is 25.8 Å². The topological polar surface area (TPSA) is 21.3 Å². The fourth-order valence-electron chi connectivity index (χ4n) is 2.16. The Morgan fingerprint density at radius 2 is 1.93 bits per heavy atom. The predicted molar refractivity (Wildman–Crippen MR) is 60.5 cm³/mol. The minimum atomic E-state index is 0.401. The van der Waals surface area contributed by atoms with Crippen LogP contribution in [0, 0.1) is 5.92 Å². The molecular weight excluding hydrogens is 174 g/mol. The molecule has 0 aromatic carbocycles. The van der Waals surface area contributed by atoms with Gasteiger partial charge < -0.3 is 10.1 Å². The van der Waals surface area contributed by atoms with Crippen molar-refractivity contribution in [3.63, 3.8) is 0 Å². The molecule has 1 N–H and O–H groups in total. The van der Waals surface area contributed by atoms with Gasteiger partial charge in [-0.1, -0.05) is 12.8 Å². The Balaban J connectivity index is 2.04. The summed E-state index contributed by atoms with van der Waals surface area (Å²) in [6.07, 6.45) is 7.11. The van der Waals surface area contributed by atoms with Gasteiger partial charge in [-0.3, -0.25) is 0 Å². The van der Waals surface area contributed by atoms with E-state index in [1.54, 1.807) is 0 Å². The van der Waals surface area contributed by atoms with Crippen LogP contribution in [-0.2, 0) is 4.74 Å². The van der Waals surface area contributed by atoms with Crippen LogP contribution >= 0.6 is 0 Å². The molecule has 2 heteroatoms. The summed E-state index contributed by atoms with van der Waals surface area (Å²) < 4.78 is 5.86. The van der Waals surface area contributed by atoms with Crippen molar-refractivity contribution in [3.05, 3.63) is 0 Å². The highest BCUT2D eigenvalue weighted by molar-refractivity contribution is 4.68. The first-order valence-corrected chi connectivity index (χ1v) is 6.01. The van der Waals surface area contributed by atoms with E-state index in [2.05, 4.69) is 19.2 Å². The first-order chi connectivity index (χ1) is 6.72. The average molecular weight is 199 g/mol. The van der Waals surface area contributed by atoms with Gasteiger partial charge >= 0.3 is 0 Å². The monoisotopic (exact) mass is 199 g/mol. The van der Waals surface area contributed by atoms with Crippen LogP contribution in [0.2, 0.25) is 0 Å². The van der Waals surface area contributed by atoms with Gasteiger partial charge in [-0.05, 0) is 46.1 Å². The van der Waals surface area contributed by atoms with E-state index in [-0.39, 0.29) is 0 Å². The lowest BCUT2D eigenvalue weighted by Gasteiger charge is -2.19. The lowest BCUT2D eigenvalue weighted by atomic mass is 10.1. The SMILES string of the molecule is CNC(C)CC(C)OCC1CCCC1. The van der Waals surface area contributed by atoms with Crippen LogP contribution in [0.15, 0.2) is 0 Å². The second kappa shape index (κ2) is 6.41. The first kappa shape index (κ1) is 12.0. The summed E-state index contributed by atoms with van der Waals surface area (Å²) in [4.78, 5) is 0. The molecule has 2 atom stereocenters. The highest BCUT2D eigenvalue weighted by atomic mass is 16.5. The van der Waals surface area contributed by atoms with Crippen LogP contribution in [0.5, 0.6) is 0 Å². The maximum atomic E-state index is 5.86. The fraction of sp³-hybridized carbons (Fsp3) is 1.00. The van der Waals surface area contributed by atoms with Crippen molar-refractivity contribution in [1.82, 2.24) is 5.32 Å². The van der Waals surface area contributed by atoms with E-state index in [0.717, 1.165) is 18.9 Å². The minimum absolute atomic E-state index is 0.401. The number of hydrogen-bond donors (Lipinski definition) is 1. The first-order valence-electron chi connectivity index (χ1n) is 6.01. The van der Waals surface area contributed by atoms with Crippen LogP contribution in [0.4, 0.5) is 0 Å². The molecule has 1 aliphatic rings. The van der Waals surface area contributed by atoms with E-state index in [1.807, 2.05) is 7.05 Å². The van der Waals surface area contributed by atoms with Gasteiger partial charge in [0, 0.05) is 12.6 Å². The fourth-order valence-corrected chi connectivity index (χ4v) is 2.16. The molecule has 1 saturated carbocycles. The van der Waals surface area contributed by atoms with E-state index in [0.29, 0.717) is 12.1 Å². The Morgan fingerprint density at radius 3 is 2.50 bits per heavy atom. The summed E-state index contributed by atoms with van der Waals surface area (Å²) in [7, 11) is 2.01. The summed E-state index contributed by atoms with van der Waals surface area (Å²) in [5.74, 6) is 0.849. The Morgan fingerprint density at radius 1 is 1.29 bits per heavy atom. The van der Waals surface area contributed by atoms with Gasteiger partial charge in [-0.15, -0.1) is 0 Å². The lowest BCUT2D eigenvalue weighted by molar-refractivity contribution is 0.0321. The van der Waals surface area contributed by atoms with E-state index in [1.165, 1.54) is 25.7 Å². The molecule has 0 radical (unpaired) electrons. The van der Waals surface area contributed by atoms with Gasteiger partial charge in [-0.25, -0.2) is 0 Å². The molecule has 0 aromatic heterocycles. The highest BCUT2D eigenvalue weighted by Crippen LogP contribution is 2.25. The van der Waals surface area contributed by atoms with Crippen molar-refractivity contribution in [2.45, 2.75) is 58.1 Å². The molecule has 0 amide bonds. The Bertz CT molecular complexity index is 143. The second-order valence-corrected chi connectivity index (χ2v) is 4.72. The summed E-state index contributed by atoms with van der Waals surface area (Å²) in [5.41, 5.74) is 0. The molecule has 0 aromatic rings. The number of rotatable bonds is 6. The van der Waals surface area contributed by atoms with Gasteiger partial charge in [-0.2, -0.15) is 0 Å². The Labute approximate surface area is 88.4 Å². The summed E-state index contributed by atoms with van der Waals surface area (Å²) in [5, 5.41) is 3.24. The molecule has 1 rings (SSSR count). The molecule has 0 saturated heterocycles. The zero-order valence-corrected chi connectivity index (χ0v) is 9.88. The van der Waals surface area contributed by atoms with E-state index >= 15 is 0 Å². The standard InChI is InChI=1S/C12H25NO/c1-10(13-3)8-11(2)14-9-12-6-4-5-7-12/h10-13H,4-9H2,1-3H3. The maximum Gasteiger partial charge on any atom is 0.0561 e. The zero-order chi connectivity index (χ0) is 10.4. The third-order valence-electron chi connectivity index (χ3n) is 3.27. The van der Waals surface area contributed by atoms with Gasteiger partial charge in [0.25, 0.3) is 0 Å². The number of hydrogen-bond acceptors (Lipinski definition) is 2. The third kappa shape index (κ3) is 4.43. The number of ether oxygens (including phenoxy) is 1. The molecule has 2 unspecified atom stereocenters. The van der Waals surface area contributed by atoms with Crippen molar-refractivity contribution in [1.29, 1.82) is 0 Å². The largest absolute Gasteiger partial charge is 0.378 e. The quantitative estimate of drug-likeness (QED) is 0.710. The van der Waals surface area contributed by atoms with Gasteiger partial charge in [0.15, 0.2) is 0 Å². The van der Waals surface area contributed by atoms with E-state index in [4.69, 9.17) is 4.74 Å². The predicted octanol–water partition coefficient (Wildman–Crippen LogP) is 2.58. The second-order valence-electron chi connectivity index (χ2n) is 4.72. The number of nitrogens with one attached hydrogen (secondary N) is 1. The molecule has 1 fully saturated rings.